The second kappa shape index (κ2) is 10.9. The van der Waals surface area contributed by atoms with Gasteiger partial charge in [0.05, 0.1) is 18.5 Å². The predicted molar refractivity (Wildman–Crippen MR) is 127 cm³/mol. The lowest BCUT2D eigenvalue weighted by atomic mass is 9.96. The van der Waals surface area contributed by atoms with Gasteiger partial charge in [0.25, 0.3) is 0 Å². The van der Waals surface area contributed by atoms with Gasteiger partial charge in [-0.1, -0.05) is 24.3 Å². The molecule has 2 heterocycles. The minimum Gasteiger partial charge on any atom is -0.393 e. The van der Waals surface area contributed by atoms with Crippen molar-refractivity contribution in [1.82, 2.24) is 14.9 Å². The zero-order chi connectivity index (χ0) is 23.2. The minimum atomic E-state index is -0.474. The highest BCUT2D eigenvalue weighted by atomic mass is 16.3. The fourth-order valence-electron chi connectivity index (χ4n) is 4.97. The van der Waals surface area contributed by atoms with Crippen LogP contribution in [0.3, 0.4) is 0 Å². The Hall–Kier alpha value is -2.80. The van der Waals surface area contributed by atoms with E-state index in [1.807, 2.05) is 4.90 Å². The first kappa shape index (κ1) is 23.4. The topological polar surface area (TPSA) is 95.4 Å². The van der Waals surface area contributed by atoms with Crippen LogP contribution in [0.2, 0.25) is 0 Å². The van der Waals surface area contributed by atoms with Gasteiger partial charge in [0.1, 0.15) is 11.5 Å². The summed E-state index contributed by atoms with van der Waals surface area (Å²) in [5, 5.41) is 13.8. The maximum atomic E-state index is 12.6. The van der Waals surface area contributed by atoms with Gasteiger partial charge in [0, 0.05) is 32.5 Å². The number of rotatable bonds is 9. The lowest BCUT2D eigenvalue weighted by Crippen LogP contribution is -2.41. The zero-order valence-electron chi connectivity index (χ0n) is 19.4. The number of Topliss-reactive ketones (excluding diaryl/α,β-unsaturated/α-hetero) is 1. The number of carbonyl (C=O) groups excluding carboxylic acids is 2. The van der Waals surface area contributed by atoms with Gasteiger partial charge >= 0.3 is 0 Å². The van der Waals surface area contributed by atoms with E-state index in [2.05, 4.69) is 39.6 Å². The van der Waals surface area contributed by atoms with Gasteiger partial charge in [0.15, 0.2) is 5.78 Å². The second-order valence-corrected chi connectivity index (χ2v) is 9.45. The standard InChI is InChI=1S/C26H34N4O3/c1-18(31)30-12-10-22(11-13-30)28-26-17-27-16-24(29-26)25(33)9-8-23(32)7-6-19-14-20-4-2-3-5-21(20)15-19/h2-5,16-17,19,22-23,32H,6-15H2,1H3,(H,28,29). The van der Waals surface area contributed by atoms with Crippen LogP contribution in [0, 0.1) is 5.92 Å². The Labute approximate surface area is 195 Å². The highest BCUT2D eigenvalue weighted by molar-refractivity contribution is 5.94. The number of aliphatic hydroxyl groups is 1. The quantitative estimate of drug-likeness (QED) is 0.569. The van der Waals surface area contributed by atoms with Gasteiger partial charge in [-0.05, 0) is 62.0 Å². The number of hydrogen-bond acceptors (Lipinski definition) is 6. The van der Waals surface area contributed by atoms with E-state index in [1.165, 1.54) is 17.3 Å². The van der Waals surface area contributed by atoms with E-state index in [4.69, 9.17) is 0 Å². The number of fused-ring (bicyclic) bond motifs is 1. The lowest BCUT2D eigenvalue weighted by molar-refractivity contribution is -0.129. The van der Waals surface area contributed by atoms with E-state index in [9.17, 15) is 14.7 Å². The minimum absolute atomic E-state index is 0.0927. The summed E-state index contributed by atoms with van der Waals surface area (Å²) in [5.41, 5.74) is 3.20. The molecule has 0 bridgehead atoms. The Balaban J connectivity index is 1.19. The molecule has 1 unspecified atom stereocenters. The molecule has 2 aliphatic rings. The molecule has 33 heavy (non-hydrogen) atoms. The summed E-state index contributed by atoms with van der Waals surface area (Å²) >= 11 is 0. The summed E-state index contributed by atoms with van der Waals surface area (Å²) in [4.78, 5) is 34.6. The first-order chi connectivity index (χ1) is 16.0. The molecule has 1 aliphatic heterocycles. The third kappa shape index (κ3) is 6.38. The molecule has 1 atom stereocenters. The fourth-order valence-corrected chi connectivity index (χ4v) is 4.97. The molecule has 4 rings (SSSR count). The molecule has 1 aromatic carbocycles. The fraction of sp³-hybridized carbons (Fsp3) is 0.538. The Kier molecular flexibility index (Phi) is 7.70. The molecule has 0 radical (unpaired) electrons. The van der Waals surface area contributed by atoms with E-state index >= 15 is 0 Å². The number of carbonyl (C=O) groups is 2. The van der Waals surface area contributed by atoms with Crippen LogP contribution in [0.25, 0.3) is 0 Å². The molecule has 7 heteroatoms. The van der Waals surface area contributed by atoms with E-state index in [0.717, 1.165) is 51.6 Å². The van der Waals surface area contributed by atoms with Crippen molar-refractivity contribution in [1.29, 1.82) is 0 Å². The van der Waals surface area contributed by atoms with Crippen LogP contribution in [-0.4, -0.2) is 56.9 Å². The molecule has 0 saturated carbocycles. The zero-order valence-corrected chi connectivity index (χ0v) is 19.4. The first-order valence-electron chi connectivity index (χ1n) is 12.1. The lowest BCUT2D eigenvalue weighted by Gasteiger charge is -2.31. The first-order valence-corrected chi connectivity index (χ1v) is 12.1. The normalized spacial score (nSPS) is 17.6. The maximum Gasteiger partial charge on any atom is 0.219 e. The molecule has 7 nitrogen and oxygen atoms in total. The number of anilines is 1. The Morgan fingerprint density at radius 3 is 2.48 bits per heavy atom. The van der Waals surface area contributed by atoms with Crippen molar-refractivity contribution >= 4 is 17.5 Å². The van der Waals surface area contributed by atoms with E-state index in [0.29, 0.717) is 23.9 Å². The molecule has 1 amide bonds. The number of ketones is 1. The van der Waals surface area contributed by atoms with Crippen LogP contribution in [0.15, 0.2) is 36.7 Å². The van der Waals surface area contributed by atoms with Crippen molar-refractivity contribution in [3.63, 3.8) is 0 Å². The highest BCUT2D eigenvalue weighted by Crippen LogP contribution is 2.30. The number of amides is 1. The van der Waals surface area contributed by atoms with Crippen LogP contribution in [0.4, 0.5) is 5.82 Å². The average molecular weight is 451 g/mol. The number of nitrogens with zero attached hydrogens (tertiary/aromatic N) is 3. The van der Waals surface area contributed by atoms with Gasteiger partial charge in [0.2, 0.25) is 5.91 Å². The number of likely N-dealkylation sites (tertiary alicyclic amines) is 1. The highest BCUT2D eigenvalue weighted by Gasteiger charge is 2.23. The Morgan fingerprint density at radius 2 is 1.82 bits per heavy atom. The van der Waals surface area contributed by atoms with Gasteiger partial charge in [-0.15, -0.1) is 0 Å². The average Bonchev–Trinajstić information content (AvgIpc) is 3.25. The van der Waals surface area contributed by atoms with E-state index in [1.54, 1.807) is 13.1 Å². The van der Waals surface area contributed by atoms with Crippen molar-refractivity contribution in [3.8, 4) is 0 Å². The number of nitrogens with one attached hydrogen (secondary N) is 1. The molecular weight excluding hydrogens is 416 g/mol. The van der Waals surface area contributed by atoms with Gasteiger partial charge in [-0.25, -0.2) is 4.98 Å². The number of piperidine rings is 1. The summed E-state index contributed by atoms with van der Waals surface area (Å²) in [6.07, 6.45) is 8.92. The predicted octanol–water partition coefficient (Wildman–Crippen LogP) is 3.42. The van der Waals surface area contributed by atoms with Gasteiger partial charge in [-0.2, -0.15) is 0 Å². The Morgan fingerprint density at radius 1 is 1.12 bits per heavy atom. The number of hydrogen-bond donors (Lipinski definition) is 2. The third-order valence-corrected chi connectivity index (χ3v) is 6.96. The number of benzene rings is 1. The van der Waals surface area contributed by atoms with Crippen LogP contribution in [0.5, 0.6) is 0 Å². The molecule has 1 aromatic heterocycles. The number of aromatic nitrogens is 2. The van der Waals surface area contributed by atoms with E-state index in [-0.39, 0.29) is 24.2 Å². The van der Waals surface area contributed by atoms with Crippen LogP contribution in [0.1, 0.15) is 67.1 Å². The summed E-state index contributed by atoms with van der Waals surface area (Å²) in [7, 11) is 0. The summed E-state index contributed by atoms with van der Waals surface area (Å²) in [6.45, 7) is 3.05. The van der Waals surface area contributed by atoms with Crippen LogP contribution >= 0.6 is 0 Å². The maximum absolute atomic E-state index is 12.6. The number of aliphatic hydroxyl groups excluding tert-OH is 1. The SMILES string of the molecule is CC(=O)N1CCC(Nc2cncc(C(=O)CCC(O)CCC3Cc4ccccc4C3)n2)CC1. The summed E-state index contributed by atoms with van der Waals surface area (Å²) < 4.78 is 0. The summed E-state index contributed by atoms with van der Waals surface area (Å²) in [5.74, 6) is 1.19. The second-order valence-electron chi connectivity index (χ2n) is 9.45. The largest absolute Gasteiger partial charge is 0.393 e. The molecular formula is C26H34N4O3. The molecule has 1 fully saturated rings. The molecule has 2 N–H and O–H groups in total. The van der Waals surface area contributed by atoms with Crippen molar-refractivity contribution in [2.75, 3.05) is 18.4 Å². The van der Waals surface area contributed by atoms with E-state index < -0.39 is 6.10 Å². The van der Waals surface area contributed by atoms with Crippen LogP contribution < -0.4 is 5.32 Å². The molecule has 176 valence electrons. The van der Waals surface area contributed by atoms with Crippen molar-refractivity contribution < 1.29 is 14.7 Å². The van der Waals surface area contributed by atoms with Gasteiger partial charge in [-0.3, -0.25) is 14.6 Å². The molecule has 2 aromatic rings. The van der Waals surface area contributed by atoms with Crippen molar-refractivity contribution in [3.05, 3.63) is 53.5 Å². The molecule has 1 aliphatic carbocycles. The van der Waals surface area contributed by atoms with Crippen molar-refractivity contribution in [2.45, 2.75) is 70.4 Å². The molecule has 0 spiro atoms. The molecule has 1 saturated heterocycles. The monoisotopic (exact) mass is 450 g/mol. The van der Waals surface area contributed by atoms with Crippen molar-refractivity contribution in [2.24, 2.45) is 5.92 Å². The summed E-state index contributed by atoms with van der Waals surface area (Å²) in [6, 6.07) is 8.79. The smallest absolute Gasteiger partial charge is 0.219 e. The van der Waals surface area contributed by atoms with Crippen LogP contribution in [-0.2, 0) is 17.6 Å². The van der Waals surface area contributed by atoms with Gasteiger partial charge < -0.3 is 15.3 Å². The third-order valence-electron chi connectivity index (χ3n) is 6.96. The Bertz CT molecular complexity index is 947.